The van der Waals surface area contributed by atoms with Crippen molar-refractivity contribution in [3.8, 4) is 22.3 Å². The minimum Gasteiger partial charge on any atom is -0.453 e. The van der Waals surface area contributed by atoms with Crippen LogP contribution >= 0.6 is 11.3 Å². The van der Waals surface area contributed by atoms with Crippen molar-refractivity contribution in [3.05, 3.63) is 200 Å². The Balaban J connectivity index is 1.13. The maximum Gasteiger partial charge on any atom is 0.159 e. The smallest absolute Gasteiger partial charge is 0.159 e. The molecule has 2 heterocycles. The highest BCUT2D eigenvalue weighted by Gasteiger charge is 2.26. The van der Waals surface area contributed by atoms with E-state index in [0.29, 0.717) is 0 Å². The number of benzene rings is 10. The van der Waals surface area contributed by atoms with Crippen molar-refractivity contribution in [1.29, 1.82) is 0 Å². The summed E-state index contributed by atoms with van der Waals surface area (Å²) in [6.45, 7) is 0. The van der Waals surface area contributed by atoms with Crippen LogP contribution in [0.5, 0.6) is 0 Å². The van der Waals surface area contributed by atoms with Crippen LogP contribution in [0.1, 0.15) is 0 Å². The lowest BCUT2D eigenvalue weighted by Crippen LogP contribution is -2.11. The van der Waals surface area contributed by atoms with Crippen molar-refractivity contribution < 1.29 is 4.42 Å². The van der Waals surface area contributed by atoms with Gasteiger partial charge in [-0.2, -0.15) is 0 Å². The van der Waals surface area contributed by atoms with Crippen molar-refractivity contribution in [2.45, 2.75) is 0 Å². The molecule has 57 heavy (non-hydrogen) atoms. The van der Waals surface area contributed by atoms with Gasteiger partial charge in [0.25, 0.3) is 0 Å². The molecule has 266 valence electrons. The van der Waals surface area contributed by atoms with Gasteiger partial charge >= 0.3 is 0 Å². The van der Waals surface area contributed by atoms with E-state index in [2.05, 4.69) is 205 Å². The molecule has 10 aromatic carbocycles. The molecule has 0 radical (unpaired) electrons. The molecular formula is C54H33NOS. The molecule has 0 saturated heterocycles. The summed E-state index contributed by atoms with van der Waals surface area (Å²) in [5.74, 6) is 0. The lowest BCUT2D eigenvalue weighted by Gasteiger charge is -2.28. The van der Waals surface area contributed by atoms with Gasteiger partial charge in [0.15, 0.2) is 5.58 Å². The zero-order valence-corrected chi connectivity index (χ0v) is 31.6. The SMILES string of the molecule is c1ccc(-c2ccc(-c3ccc(N(c4cccc5c4oc4c6ccccc6ccc54)c4c5ccccc5cc5sc6c7ccccc7ccc6c45)cc3)cc2)cc1. The van der Waals surface area contributed by atoms with Gasteiger partial charge in [-0.25, -0.2) is 0 Å². The number of hydrogen-bond donors (Lipinski definition) is 0. The van der Waals surface area contributed by atoms with E-state index in [1.807, 2.05) is 11.3 Å². The molecule has 0 amide bonds. The molecule has 12 aromatic rings. The van der Waals surface area contributed by atoms with Crippen molar-refractivity contribution >= 4 is 103 Å². The zero-order valence-electron chi connectivity index (χ0n) is 30.8. The topological polar surface area (TPSA) is 16.4 Å². The van der Waals surface area contributed by atoms with Gasteiger partial charge in [-0.1, -0.05) is 170 Å². The average molecular weight is 744 g/mol. The summed E-state index contributed by atoms with van der Waals surface area (Å²) in [7, 11) is 0. The largest absolute Gasteiger partial charge is 0.453 e. The first kappa shape index (κ1) is 32.1. The first-order chi connectivity index (χ1) is 28.3. The third-order valence-electron chi connectivity index (χ3n) is 11.6. The summed E-state index contributed by atoms with van der Waals surface area (Å²) in [4.78, 5) is 2.46. The van der Waals surface area contributed by atoms with E-state index >= 15 is 0 Å². The van der Waals surface area contributed by atoms with Crippen LogP contribution in [0.25, 0.3) is 96.7 Å². The quantitative estimate of drug-likeness (QED) is 0.175. The van der Waals surface area contributed by atoms with Gasteiger partial charge in [0.05, 0.1) is 11.4 Å². The van der Waals surface area contributed by atoms with Crippen molar-refractivity contribution in [2.75, 3.05) is 4.90 Å². The van der Waals surface area contributed by atoms with Gasteiger partial charge in [-0.05, 0) is 74.1 Å². The minimum absolute atomic E-state index is 0.871. The van der Waals surface area contributed by atoms with Crippen LogP contribution in [-0.4, -0.2) is 0 Å². The number of anilines is 3. The number of fused-ring (bicyclic) bond motifs is 11. The van der Waals surface area contributed by atoms with Crippen LogP contribution in [0.2, 0.25) is 0 Å². The van der Waals surface area contributed by atoms with E-state index in [1.165, 1.54) is 69.4 Å². The van der Waals surface area contributed by atoms with Crippen molar-refractivity contribution in [3.63, 3.8) is 0 Å². The highest BCUT2D eigenvalue weighted by molar-refractivity contribution is 7.27. The fraction of sp³-hybridized carbons (Fsp3) is 0. The molecule has 0 N–H and O–H groups in total. The Morgan fingerprint density at radius 3 is 1.65 bits per heavy atom. The second-order valence-electron chi connectivity index (χ2n) is 14.8. The predicted molar refractivity (Wildman–Crippen MR) is 245 cm³/mol. The molecule has 0 aliphatic carbocycles. The molecule has 0 bridgehead atoms. The van der Waals surface area contributed by atoms with Gasteiger partial charge in [-0.15, -0.1) is 11.3 Å². The van der Waals surface area contributed by atoms with Crippen LogP contribution in [-0.2, 0) is 0 Å². The second kappa shape index (κ2) is 12.7. The molecule has 0 unspecified atom stereocenters. The molecule has 0 aliphatic rings. The van der Waals surface area contributed by atoms with Crippen molar-refractivity contribution in [1.82, 2.24) is 0 Å². The molecular weight excluding hydrogens is 711 g/mol. The Morgan fingerprint density at radius 1 is 0.368 bits per heavy atom. The fourth-order valence-corrected chi connectivity index (χ4v) is 10.2. The molecule has 0 saturated carbocycles. The summed E-state index contributed by atoms with van der Waals surface area (Å²) in [6, 6.07) is 72.6. The lowest BCUT2D eigenvalue weighted by molar-refractivity contribution is 0.673. The predicted octanol–water partition coefficient (Wildman–Crippen LogP) is 16.2. The molecule has 0 fully saturated rings. The maximum absolute atomic E-state index is 7.07. The van der Waals surface area contributed by atoms with E-state index in [1.54, 1.807) is 0 Å². The van der Waals surface area contributed by atoms with E-state index in [4.69, 9.17) is 4.42 Å². The average Bonchev–Trinajstić information content (AvgIpc) is 3.86. The summed E-state index contributed by atoms with van der Waals surface area (Å²) < 4.78 is 9.64. The van der Waals surface area contributed by atoms with Gasteiger partial charge in [-0.3, -0.25) is 0 Å². The summed E-state index contributed by atoms with van der Waals surface area (Å²) in [5, 5.41) is 12.0. The first-order valence-corrected chi connectivity index (χ1v) is 20.2. The Labute approximate surface area is 333 Å². The molecule has 2 nitrogen and oxygen atoms in total. The Bertz CT molecular complexity index is 3510. The molecule has 2 aromatic heterocycles. The first-order valence-electron chi connectivity index (χ1n) is 19.4. The molecule has 0 atom stereocenters. The molecule has 12 rings (SSSR count). The Kier molecular flexibility index (Phi) is 7.13. The minimum atomic E-state index is 0.871. The third kappa shape index (κ3) is 5.03. The van der Waals surface area contributed by atoms with Gasteiger partial charge in [0.2, 0.25) is 0 Å². The molecule has 0 spiro atoms. The van der Waals surface area contributed by atoms with E-state index in [9.17, 15) is 0 Å². The van der Waals surface area contributed by atoms with Gasteiger partial charge < -0.3 is 9.32 Å². The Morgan fingerprint density at radius 2 is 0.912 bits per heavy atom. The summed E-state index contributed by atoms with van der Waals surface area (Å²) in [6.07, 6.45) is 0. The number of hydrogen-bond acceptors (Lipinski definition) is 3. The molecule has 0 aliphatic heterocycles. The summed E-state index contributed by atoms with van der Waals surface area (Å²) in [5.41, 5.74) is 9.80. The number of rotatable bonds is 5. The van der Waals surface area contributed by atoms with Gasteiger partial charge in [0, 0.05) is 47.4 Å². The standard InChI is InChI=1S/C54H33NOS/c1-2-11-34(12-3-1)35-21-23-36(24-22-35)37-25-29-41(30-26-37)55(48-20-10-19-45-46-31-27-38-13-4-8-17-43(38)52(46)56-53(45)48)51-42-16-7-6-15-40(42)33-49-50(51)47-32-28-39-14-5-9-18-44(39)54(47)57-49/h1-33H. The highest BCUT2D eigenvalue weighted by atomic mass is 32.1. The lowest BCUT2D eigenvalue weighted by atomic mass is 9.98. The van der Waals surface area contributed by atoms with E-state index in [-0.39, 0.29) is 0 Å². The van der Waals surface area contributed by atoms with Crippen LogP contribution in [0.4, 0.5) is 17.1 Å². The zero-order chi connectivity index (χ0) is 37.5. The third-order valence-corrected chi connectivity index (χ3v) is 12.8. The molecule has 3 heteroatoms. The number of nitrogens with zero attached hydrogens (tertiary/aromatic N) is 1. The monoisotopic (exact) mass is 743 g/mol. The normalized spacial score (nSPS) is 11.9. The van der Waals surface area contributed by atoms with Crippen LogP contribution in [0, 0.1) is 0 Å². The van der Waals surface area contributed by atoms with Crippen LogP contribution < -0.4 is 4.90 Å². The van der Waals surface area contributed by atoms with Crippen LogP contribution in [0.15, 0.2) is 205 Å². The van der Waals surface area contributed by atoms with E-state index < -0.39 is 0 Å². The van der Waals surface area contributed by atoms with Gasteiger partial charge in [0.1, 0.15) is 5.58 Å². The van der Waals surface area contributed by atoms with Crippen LogP contribution in [0.3, 0.4) is 0 Å². The van der Waals surface area contributed by atoms with E-state index in [0.717, 1.165) is 44.4 Å². The highest BCUT2D eigenvalue weighted by Crippen LogP contribution is 2.52. The second-order valence-corrected chi connectivity index (χ2v) is 15.9. The number of para-hydroxylation sites is 1. The number of thiophene rings is 1. The fourth-order valence-electron chi connectivity index (χ4n) is 8.90. The summed E-state index contributed by atoms with van der Waals surface area (Å²) >= 11 is 1.89. The number of furan rings is 1. The van der Waals surface area contributed by atoms with Crippen molar-refractivity contribution in [2.24, 2.45) is 0 Å². The maximum atomic E-state index is 7.07. The Hall–Kier alpha value is -7.20.